The van der Waals surface area contributed by atoms with Crippen LogP contribution in [-0.4, -0.2) is 110 Å². The van der Waals surface area contributed by atoms with Crippen molar-refractivity contribution in [3.8, 4) is 0 Å². The van der Waals surface area contributed by atoms with E-state index in [2.05, 4.69) is 5.32 Å². The van der Waals surface area contributed by atoms with Gasteiger partial charge in [0.25, 0.3) is 0 Å². The molecule has 0 bridgehead atoms. The first-order valence-corrected chi connectivity index (χ1v) is 9.52. The van der Waals surface area contributed by atoms with E-state index in [1.165, 1.54) is 6.92 Å². The van der Waals surface area contributed by atoms with Gasteiger partial charge >= 0.3 is 0 Å². The van der Waals surface area contributed by atoms with Crippen LogP contribution in [0.5, 0.6) is 0 Å². The Morgan fingerprint density at radius 1 is 1.10 bits per heavy atom. The minimum atomic E-state index is -1.75. The van der Waals surface area contributed by atoms with Gasteiger partial charge in [0.15, 0.2) is 6.29 Å². The monoisotopic (exact) mass is 425 g/mol. The molecular weight excluding hydrogens is 390 g/mol. The molecule has 1 saturated heterocycles. The van der Waals surface area contributed by atoms with Crippen molar-refractivity contribution in [2.75, 3.05) is 13.2 Å². The van der Waals surface area contributed by atoms with Crippen molar-refractivity contribution in [3.05, 3.63) is 0 Å². The number of hydrogen-bond donors (Lipinski definition) is 8. The quantitative estimate of drug-likeness (QED) is 0.187. The topological polar surface area (TPSA) is 189 Å². The molecule has 9 atom stereocenters. The molecular formula is C18H35NO10. The number of carbonyl (C=O) groups excluding carboxylic acids is 1. The van der Waals surface area contributed by atoms with Crippen LogP contribution in [0.15, 0.2) is 0 Å². The Morgan fingerprint density at radius 2 is 1.69 bits per heavy atom. The Labute approximate surface area is 169 Å². The molecule has 1 fully saturated rings. The molecule has 0 spiro atoms. The molecule has 0 saturated carbocycles. The Kier molecular flexibility index (Phi) is 9.86. The van der Waals surface area contributed by atoms with E-state index in [9.17, 15) is 40.5 Å². The SMILES string of the molecule is CC(=O)N[C@@H](CC(C)(C)C)[C@@H](O)[C@H](O[C@@H]1O[C@H](CO)[C@@H](O)[C@H](O)[C@@H]1O)[C@H](O)CO. The fraction of sp³-hybridized carbons (Fsp3) is 0.944. The third-order valence-corrected chi connectivity index (χ3v) is 4.68. The predicted octanol–water partition coefficient (Wildman–Crippen LogP) is -3.17. The van der Waals surface area contributed by atoms with Gasteiger partial charge in [-0.1, -0.05) is 20.8 Å². The first-order valence-electron chi connectivity index (χ1n) is 9.52. The van der Waals surface area contributed by atoms with Gasteiger partial charge in [0, 0.05) is 6.92 Å². The van der Waals surface area contributed by atoms with E-state index in [0.717, 1.165) is 0 Å². The zero-order valence-corrected chi connectivity index (χ0v) is 17.2. The summed E-state index contributed by atoms with van der Waals surface area (Å²) in [6.07, 6.45) is -12.3. The molecule has 0 aliphatic carbocycles. The Bertz CT molecular complexity index is 511. The van der Waals surface area contributed by atoms with Crippen LogP contribution in [0.4, 0.5) is 0 Å². The van der Waals surface area contributed by atoms with Crippen LogP contribution in [0.1, 0.15) is 34.1 Å². The van der Waals surface area contributed by atoms with Crippen LogP contribution in [0, 0.1) is 5.41 Å². The Balaban J connectivity index is 3.09. The molecule has 0 aromatic rings. The zero-order chi connectivity index (χ0) is 22.5. The number of hydrogen-bond acceptors (Lipinski definition) is 10. The summed E-state index contributed by atoms with van der Waals surface area (Å²) in [5.74, 6) is -0.427. The predicted molar refractivity (Wildman–Crippen MR) is 99.4 cm³/mol. The zero-order valence-electron chi connectivity index (χ0n) is 17.2. The van der Waals surface area contributed by atoms with E-state index in [1.54, 1.807) is 0 Å². The summed E-state index contributed by atoms with van der Waals surface area (Å²) < 4.78 is 10.7. The fourth-order valence-corrected chi connectivity index (χ4v) is 3.24. The van der Waals surface area contributed by atoms with E-state index < -0.39 is 74.2 Å². The van der Waals surface area contributed by atoms with E-state index >= 15 is 0 Å². The summed E-state index contributed by atoms with van der Waals surface area (Å²) in [6, 6.07) is -0.872. The van der Waals surface area contributed by atoms with Gasteiger partial charge in [-0.25, -0.2) is 0 Å². The van der Waals surface area contributed by atoms with Crippen molar-refractivity contribution in [1.82, 2.24) is 5.32 Å². The third kappa shape index (κ3) is 7.39. The molecule has 0 aromatic carbocycles. The maximum Gasteiger partial charge on any atom is 0.217 e. The summed E-state index contributed by atoms with van der Waals surface area (Å²) in [5, 5.41) is 72.1. The largest absolute Gasteiger partial charge is 0.394 e. The molecule has 172 valence electrons. The van der Waals surface area contributed by atoms with E-state index in [-0.39, 0.29) is 5.41 Å². The molecule has 1 heterocycles. The van der Waals surface area contributed by atoms with Gasteiger partial charge in [0.05, 0.1) is 19.3 Å². The molecule has 1 amide bonds. The highest BCUT2D eigenvalue weighted by Gasteiger charge is 2.47. The summed E-state index contributed by atoms with van der Waals surface area (Å²) in [4.78, 5) is 11.6. The van der Waals surface area contributed by atoms with Gasteiger partial charge in [-0.2, -0.15) is 0 Å². The van der Waals surface area contributed by atoms with Crippen molar-refractivity contribution in [2.45, 2.75) is 89.2 Å². The maximum atomic E-state index is 11.6. The van der Waals surface area contributed by atoms with Crippen molar-refractivity contribution < 1.29 is 50.0 Å². The average molecular weight is 425 g/mol. The van der Waals surface area contributed by atoms with Gasteiger partial charge in [0.1, 0.15) is 42.7 Å². The second-order valence-electron chi connectivity index (χ2n) is 8.61. The standard InChI is InChI=1S/C18H35NO10/c1-8(22)19-9(5-18(2,3)4)12(24)16(10(23)6-20)29-17-15(27)14(26)13(25)11(7-21)28-17/h9-17,20-21,23-27H,5-7H2,1-4H3,(H,19,22)/t9-,10+,11+,12+,13+,14-,15-,16+,17-/m0/s1. The number of aliphatic hydroxyl groups excluding tert-OH is 7. The second-order valence-corrected chi connectivity index (χ2v) is 8.61. The summed E-state index contributed by atoms with van der Waals surface area (Å²) >= 11 is 0. The van der Waals surface area contributed by atoms with Crippen LogP contribution in [-0.2, 0) is 14.3 Å². The number of ether oxygens (including phenoxy) is 2. The molecule has 1 aliphatic heterocycles. The molecule has 8 N–H and O–H groups in total. The average Bonchev–Trinajstić information content (AvgIpc) is 2.62. The first kappa shape index (κ1) is 26.1. The number of aliphatic hydroxyl groups is 7. The van der Waals surface area contributed by atoms with Gasteiger partial charge in [-0.15, -0.1) is 0 Å². The molecule has 11 nitrogen and oxygen atoms in total. The highest BCUT2D eigenvalue weighted by atomic mass is 16.7. The van der Waals surface area contributed by atoms with E-state index in [4.69, 9.17) is 9.47 Å². The molecule has 0 radical (unpaired) electrons. The minimum Gasteiger partial charge on any atom is -0.394 e. The lowest BCUT2D eigenvalue weighted by atomic mass is 9.84. The first-order chi connectivity index (χ1) is 13.3. The summed E-state index contributed by atoms with van der Waals surface area (Å²) in [5.41, 5.74) is -0.327. The molecule has 1 aliphatic rings. The highest BCUT2D eigenvalue weighted by molar-refractivity contribution is 5.73. The van der Waals surface area contributed by atoms with Gasteiger partial charge in [0.2, 0.25) is 5.91 Å². The maximum absolute atomic E-state index is 11.6. The molecule has 1 rings (SSSR count). The van der Waals surface area contributed by atoms with Crippen LogP contribution in [0.3, 0.4) is 0 Å². The fourth-order valence-electron chi connectivity index (χ4n) is 3.24. The van der Waals surface area contributed by atoms with Crippen molar-refractivity contribution in [1.29, 1.82) is 0 Å². The van der Waals surface area contributed by atoms with Crippen molar-refractivity contribution in [2.24, 2.45) is 5.41 Å². The van der Waals surface area contributed by atoms with Crippen molar-refractivity contribution >= 4 is 5.91 Å². The number of rotatable bonds is 9. The normalized spacial score (nSPS) is 32.3. The second kappa shape index (κ2) is 10.9. The third-order valence-electron chi connectivity index (χ3n) is 4.68. The van der Waals surface area contributed by atoms with Gasteiger partial charge in [-0.05, 0) is 11.8 Å². The molecule has 0 aromatic heterocycles. The number of amides is 1. The molecule has 29 heavy (non-hydrogen) atoms. The lowest BCUT2D eigenvalue weighted by Gasteiger charge is -2.43. The Hall–Kier alpha value is -0.890. The van der Waals surface area contributed by atoms with Crippen LogP contribution in [0.2, 0.25) is 0 Å². The lowest BCUT2D eigenvalue weighted by molar-refractivity contribution is -0.325. The van der Waals surface area contributed by atoms with Crippen LogP contribution < -0.4 is 5.32 Å². The summed E-state index contributed by atoms with van der Waals surface area (Å²) in [6.45, 7) is 5.41. The van der Waals surface area contributed by atoms with E-state index in [1.807, 2.05) is 20.8 Å². The number of carbonyl (C=O) groups is 1. The smallest absolute Gasteiger partial charge is 0.217 e. The molecule has 0 unspecified atom stereocenters. The van der Waals surface area contributed by atoms with Gasteiger partial charge in [-0.3, -0.25) is 4.79 Å². The van der Waals surface area contributed by atoms with Crippen molar-refractivity contribution in [3.63, 3.8) is 0 Å². The van der Waals surface area contributed by atoms with Crippen LogP contribution >= 0.6 is 0 Å². The minimum absolute atomic E-state index is 0.292. The van der Waals surface area contributed by atoms with Gasteiger partial charge < -0.3 is 50.5 Å². The number of nitrogens with one attached hydrogen (secondary N) is 1. The molecule has 11 heteroatoms. The Morgan fingerprint density at radius 3 is 2.14 bits per heavy atom. The van der Waals surface area contributed by atoms with Crippen LogP contribution in [0.25, 0.3) is 0 Å². The lowest BCUT2D eigenvalue weighted by Crippen LogP contribution is -2.62. The highest BCUT2D eigenvalue weighted by Crippen LogP contribution is 2.28. The summed E-state index contributed by atoms with van der Waals surface area (Å²) in [7, 11) is 0. The van der Waals surface area contributed by atoms with E-state index in [0.29, 0.717) is 6.42 Å².